The zero-order chi connectivity index (χ0) is 9.10. The first-order valence-electron chi connectivity index (χ1n) is 5.68. The summed E-state index contributed by atoms with van der Waals surface area (Å²) in [5.74, 6) is 0.860. The molecule has 0 aromatic rings. The van der Waals surface area contributed by atoms with Gasteiger partial charge in [0.25, 0.3) is 0 Å². The Balaban J connectivity index is 1.98. The van der Waals surface area contributed by atoms with Gasteiger partial charge in [0.15, 0.2) is 0 Å². The SMILES string of the molecule is C=C[C@H]1CCC[C@H]2CCCC[C@@H]2O1. The van der Waals surface area contributed by atoms with Gasteiger partial charge in [-0.25, -0.2) is 0 Å². The van der Waals surface area contributed by atoms with Crippen molar-refractivity contribution in [2.24, 2.45) is 5.92 Å². The lowest BCUT2D eigenvalue weighted by Gasteiger charge is -2.30. The predicted octanol–water partition coefficient (Wildman–Crippen LogP) is 3.30. The van der Waals surface area contributed by atoms with Crippen molar-refractivity contribution in [1.82, 2.24) is 0 Å². The summed E-state index contributed by atoms with van der Waals surface area (Å²) in [6.45, 7) is 3.84. The third-order valence-corrected chi connectivity index (χ3v) is 3.52. The highest BCUT2D eigenvalue weighted by Crippen LogP contribution is 2.34. The van der Waals surface area contributed by atoms with Crippen LogP contribution in [0.1, 0.15) is 44.9 Å². The standard InChI is InChI=1S/C12H20O/c1-2-11-8-5-7-10-6-3-4-9-12(10)13-11/h2,10-12H,1,3-9H2/t10-,11+,12+/m1/s1. The van der Waals surface area contributed by atoms with Crippen molar-refractivity contribution >= 4 is 0 Å². The summed E-state index contributed by atoms with van der Waals surface area (Å²) in [7, 11) is 0. The molecule has 3 atom stereocenters. The third kappa shape index (κ3) is 2.14. The summed E-state index contributed by atoms with van der Waals surface area (Å²) >= 11 is 0. The zero-order valence-electron chi connectivity index (χ0n) is 8.37. The molecule has 2 aliphatic rings. The molecule has 1 heteroatoms. The quantitative estimate of drug-likeness (QED) is 0.563. The van der Waals surface area contributed by atoms with Gasteiger partial charge in [-0.1, -0.05) is 25.3 Å². The summed E-state index contributed by atoms with van der Waals surface area (Å²) < 4.78 is 6.05. The van der Waals surface area contributed by atoms with E-state index in [1.165, 1.54) is 44.9 Å². The first-order valence-corrected chi connectivity index (χ1v) is 5.68. The van der Waals surface area contributed by atoms with Crippen LogP contribution in [0.15, 0.2) is 12.7 Å². The van der Waals surface area contributed by atoms with Gasteiger partial charge in [0, 0.05) is 0 Å². The molecule has 1 heterocycles. The summed E-state index contributed by atoms with van der Waals surface area (Å²) in [6, 6.07) is 0. The van der Waals surface area contributed by atoms with Crippen molar-refractivity contribution in [2.75, 3.05) is 0 Å². The summed E-state index contributed by atoms with van der Waals surface area (Å²) in [4.78, 5) is 0. The van der Waals surface area contributed by atoms with Crippen molar-refractivity contribution in [3.05, 3.63) is 12.7 Å². The molecule has 1 aliphatic carbocycles. The maximum Gasteiger partial charge on any atom is 0.0757 e. The summed E-state index contributed by atoms with van der Waals surface area (Å²) in [5, 5.41) is 0. The van der Waals surface area contributed by atoms with Gasteiger partial charge in [-0.05, 0) is 31.6 Å². The highest BCUT2D eigenvalue weighted by Gasteiger charge is 2.29. The Labute approximate surface area is 81.2 Å². The van der Waals surface area contributed by atoms with Crippen LogP contribution in [0.25, 0.3) is 0 Å². The van der Waals surface area contributed by atoms with Crippen LogP contribution >= 0.6 is 0 Å². The van der Waals surface area contributed by atoms with E-state index in [0.717, 1.165) is 5.92 Å². The molecule has 0 amide bonds. The molecule has 0 spiro atoms. The number of hydrogen-bond acceptors (Lipinski definition) is 1. The van der Waals surface area contributed by atoms with Crippen molar-refractivity contribution < 1.29 is 4.74 Å². The van der Waals surface area contributed by atoms with Gasteiger partial charge < -0.3 is 4.74 Å². The van der Waals surface area contributed by atoms with E-state index in [1.807, 2.05) is 6.08 Å². The molecular formula is C12H20O. The molecule has 0 radical (unpaired) electrons. The second-order valence-electron chi connectivity index (χ2n) is 4.42. The van der Waals surface area contributed by atoms with Crippen LogP contribution in [-0.2, 0) is 4.74 Å². The van der Waals surface area contributed by atoms with Gasteiger partial charge in [0.2, 0.25) is 0 Å². The Kier molecular flexibility index (Phi) is 3.05. The van der Waals surface area contributed by atoms with Gasteiger partial charge in [-0.15, -0.1) is 6.58 Å². The Hall–Kier alpha value is -0.300. The van der Waals surface area contributed by atoms with Gasteiger partial charge >= 0.3 is 0 Å². The lowest BCUT2D eigenvalue weighted by molar-refractivity contribution is -0.0287. The Morgan fingerprint density at radius 3 is 2.62 bits per heavy atom. The number of hydrogen-bond donors (Lipinski definition) is 0. The largest absolute Gasteiger partial charge is 0.371 e. The van der Waals surface area contributed by atoms with E-state index in [-0.39, 0.29) is 0 Å². The molecule has 0 aromatic carbocycles. The normalized spacial score (nSPS) is 40.5. The topological polar surface area (TPSA) is 9.23 Å². The fourth-order valence-corrected chi connectivity index (χ4v) is 2.73. The molecule has 74 valence electrons. The number of fused-ring (bicyclic) bond motifs is 1. The average molecular weight is 180 g/mol. The summed E-state index contributed by atoms with van der Waals surface area (Å²) in [5.41, 5.74) is 0. The van der Waals surface area contributed by atoms with Crippen LogP contribution in [0.2, 0.25) is 0 Å². The Morgan fingerprint density at radius 2 is 1.77 bits per heavy atom. The van der Waals surface area contributed by atoms with E-state index in [1.54, 1.807) is 0 Å². The molecule has 0 N–H and O–H groups in total. The van der Waals surface area contributed by atoms with Crippen LogP contribution in [0.5, 0.6) is 0 Å². The van der Waals surface area contributed by atoms with Gasteiger partial charge in [-0.3, -0.25) is 0 Å². The lowest BCUT2D eigenvalue weighted by atomic mass is 9.84. The van der Waals surface area contributed by atoms with E-state index < -0.39 is 0 Å². The molecule has 2 rings (SSSR count). The Bertz CT molecular complexity index is 176. The van der Waals surface area contributed by atoms with Gasteiger partial charge in [0.1, 0.15) is 0 Å². The van der Waals surface area contributed by atoms with Crippen molar-refractivity contribution in [2.45, 2.75) is 57.2 Å². The van der Waals surface area contributed by atoms with Gasteiger partial charge in [0.05, 0.1) is 12.2 Å². The highest BCUT2D eigenvalue weighted by molar-refractivity contribution is 4.87. The molecule has 0 bridgehead atoms. The highest BCUT2D eigenvalue weighted by atomic mass is 16.5. The van der Waals surface area contributed by atoms with Crippen molar-refractivity contribution in [3.8, 4) is 0 Å². The monoisotopic (exact) mass is 180 g/mol. The molecule has 1 saturated carbocycles. The molecular weight excluding hydrogens is 160 g/mol. The molecule has 1 aliphatic heterocycles. The molecule has 1 nitrogen and oxygen atoms in total. The molecule has 1 saturated heterocycles. The first kappa shape index (κ1) is 9.26. The number of ether oxygens (including phenoxy) is 1. The second-order valence-corrected chi connectivity index (χ2v) is 4.42. The molecule has 0 aromatic heterocycles. The average Bonchev–Trinajstić information content (AvgIpc) is 2.38. The molecule has 2 fully saturated rings. The van der Waals surface area contributed by atoms with Crippen LogP contribution < -0.4 is 0 Å². The first-order chi connectivity index (χ1) is 6.40. The lowest BCUT2D eigenvalue weighted by Crippen LogP contribution is -2.28. The van der Waals surface area contributed by atoms with E-state index >= 15 is 0 Å². The fraction of sp³-hybridized carbons (Fsp3) is 0.833. The van der Waals surface area contributed by atoms with Gasteiger partial charge in [-0.2, -0.15) is 0 Å². The van der Waals surface area contributed by atoms with Crippen molar-refractivity contribution in [3.63, 3.8) is 0 Å². The van der Waals surface area contributed by atoms with Crippen LogP contribution in [-0.4, -0.2) is 12.2 Å². The Morgan fingerprint density at radius 1 is 1.00 bits per heavy atom. The molecule has 0 unspecified atom stereocenters. The fourth-order valence-electron chi connectivity index (χ4n) is 2.73. The van der Waals surface area contributed by atoms with E-state index in [9.17, 15) is 0 Å². The minimum Gasteiger partial charge on any atom is -0.371 e. The smallest absolute Gasteiger partial charge is 0.0757 e. The maximum absolute atomic E-state index is 6.05. The maximum atomic E-state index is 6.05. The third-order valence-electron chi connectivity index (χ3n) is 3.52. The van der Waals surface area contributed by atoms with E-state index in [2.05, 4.69) is 6.58 Å². The second kappa shape index (κ2) is 4.28. The predicted molar refractivity (Wildman–Crippen MR) is 54.7 cm³/mol. The zero-order valence-corrected chi connectivity index (χ0v) is 8.37. The van der Waals surface area contributed by atoms with E-state index in [4.69, 9.17) is 4.74 Å². The number of rotatable bonds is 1. The summed E-state index contributed by atoms with van der Waals surface area (Å²) in [6.07, 6.45) is 12.3. The minimum atomic E-state index is 0.341. The van der Waals surface area contributed by atoms with Crippen molar-refractivity contribution in [1.29, 1.82) is 0 Å². The van der Waals surface area contributed by atoms with Crippen LogP contribution in [0.3, 0.4) is 0 Å². The molecule has 13 heavy (non-hydrogen) atoms. The van der Waals surface area contributed by atoms with Crippen LogP contribution in [0.4, 0.5) is 0 Å². The van der Waals surface area contributed by atoms with Crippen LogP contribution in [0, 0.1) is 5.92 Å². The minimum absolute atomic E-state index is 0.341. The van der Waals surface area contributed by atoms with E-state index in [0.29, 0.717) is 12.2 Å².